The molecule has 0 spiro atoms. The van der Waals surface area contributed by atoms with Gasteiger partial charge in [-0.25, -0.2) is 4.98 Å². The number of anilines is 1. The molecule has 94 valence electrons. The lowest BCUT2D eigenvalue weighted by Crippen LogP contribution is -2.32. The third-order valence-electron chi connectivity index (χ3n) is 2.39. The Bertz CT molecular complexity index is 460. The van der Waals surface area contributed by atoms with E-state index in [9.17, 15) is 4.79 Å². The number of aromatic amines is 1. The SMILES string of the molecule is COc1c(N(C)CC(C)C(N)=S)nc[nH]c1=O. The van der Waals surface area contributed by atoms with Crippen molar-refractivity contribution in [2.45, 2.75) is 6.92 Å². The molecule has 0 saturated carbocycles. The van der Waals surface area contributed by atoms with Crippen molar-refractivity contribution >= 4 is 23.0 Å². The van der Waals surface area contributed by atoms with Crippen LogP contribution in [0, 0.1) is 5.92 Å². The van der Waals surface area contributed by atoms with E-state index in [0.29, 0.717) is 17.4 Å². The Morgan fingerprint density at radius 1 is 1.76 bits per heavy atom. The van der Waals surface area contributed by atoms with E-state index in [1.54, 1.807) is 11.9 Å². The topological polar surface area (TPSA) is 84.2 Å². The zero-order valence-electron chi connectivity index (χ0n) is 10.1. The van der Waals surface area contributed by atoms with Gasteiger partial charge in [-0.15, -0.1) is 0 Å². The van der Waals surface area contributed by atoms with Gasteiger partial charge in [-0.1, -0.05) is 19.1 Å². The van der Waals surface area contributed by atoms with Gasteiger partial charge in [-0.2, -0.15) is 0 Å². The standard InChI is InChI=1S/C10H16N4O2S/c1-6(8(11)17)4-14(2)9-7(16-3)10(15)13-5-12-9/h5-6H,4H2,1-3H3,(H2,11,17)(H,12,13,15). The normalized spacial score (nSPS) is 11.9. The highest BCUT2D eigenvalue weighted by Crippen LogP contribution is 2.19. The number of nitrogens with two attached hydrogens (primary N) is 1. The van der Waals surface area contributed by atoms with Gasteiger partial charge in [0.15, 0.2) is 5.82 Å². The Hall–Kier alpha value is -1.63. The molecule has 1 aromatic heterocycles. The van der Waals surface area contributed by atoms with Crippen LogP contribution in [0.3, 0.4) is 0 Å². The van der Waals surface area contributed by atoms with Gasteiger partial charge in [-0.3, -0.25) is 4.79 Å². The Kier molecular flexibility index (Phi) is 4.45. The maximum absolute atomic E-state index is 11.5. The number of hydrogen-bond donors (Lipinski definition) is 2. The predicted molar refractivity (Wildman–Crippen MR) is 70.6 cm³/mol. The monoisotopic (exact) mass is 256 g/mol. The third-order valence-corrected chi connectivity index (χ3v) is 2.79. The zero-order chi connectivity index (χ0) is 13.0. The molecule has 1 heterocycles. The van der Waals surface area contributed by atoms with E-state index >= 15 is 0 Å². The number of methoxy groups -OCH3 is 1. The lowest BCUT2D eigenvalue weighted by Gasteiger charge is -2.22. The average molecular weight is 256 g/mol. The first-order chi connectivity index (χ1) is 7.97. The van der Waals surface area contributed by atoms with Crippen molar-refractivity contribution < 1.29 is 4.74 Å². The number of aromatic nitrogens is 2. The van der Waals surface area contributed by atoms with Crippen LogP contribution in [0.4, 0.5) is 5.82 Å². The van der Waals surface area contributed by atoms with Crippen LogP contribution in [0.25, 0.3) is 0 Å². The number of hydrogen-bond acceptors (Lipinski definition) is 5. The summed E-state index contributed by atoms with van der Waals surface area (Å²) in [7, 11) is 3.24. The zero-order valence-corrected chi connectivity index (χ0v) is 10.9. The fourth-order valence-electron chi connectivity index (χ4n) is 1.42. The van der Waals surface area contributed by atoms with Gasteiger partial charge >= 0.3 is 0 Å². The Labute approximate surface area is 105 Å². The molecule has 1 unspecified atom stereocenters. The largest absolute Gasteiger partial charge is 0.489 e. The van der Waals surface area contributed by atoms with E-state index < -0.39 is 0 Å². The van der Waals surface area contributed by atoms with Crippen molar-refractivity contribution in [2.24, 2.45) is 11.7 Å². The maximum atomic E-state index is 11.5. The minimum atomic E-state index is -0.313. The van der Waals surface area contributed by atoms with E-state index in [0.717, 1.165) is 0 Å². The fraction of sp³-hybridized carbons (Fsp3) is 0.500. The van der Waals surface area contributed by atoms with Crippen molar-refractivity contribution in [1.82, 2.24) is 9.97 Å². The van der Waals surface area contributed by atoms with Crippen LogP contribution >= 0.6 is 12.2 Å². The predicted octanol–water partition coefficient (Wildman–Crippen LogP) is 0.137. The molecule has 0 aliphatic carbocycles. The molecule has 6 nitrogen and oxygen atoms in total. The molecule has 0 amide bonds. The molecule has 1 atom stereocenters. The van der Waals surface area contributed by atoms with E-state index in [4.69, 9.17) is 22.7 Å². The van der Waals surface area contributed by atoms with Gasteiger partial charge in [0.05, 0.1) is 18.4 Å². The van der Waals surface area contributed by atoms with E-state index in [1.165, 1.54) is 13.4 Å². The summed E-state index contributed by atoms with van der Waals surface area (Å²) in [5.41, 5.74) is 5.24. The number of nitrogens with one attached hydrogen (secondary N) is 1. The summed E-state index contributed by atoms with van der Waals surface area (Å²) >= 11 is 4.91. The van der Waals surface area contributed by atoms with Crippen LogP contribution in [0.15, 0.2) is 11.1 Å². The van der Waals surface area contributed by atoms with Gasteiger partial charge in [0.2, 0.25) is 5.75 Å². The molecule has 0 aliphatic rings. The highest BCUT2D eigenvalue weighted by Gasteiger charge is 2.16. The second kappa shape index (κ2) is 5.62. The first-order valence-electron chi connectivity index (χ1n) is 5.09. The minimum Gasteiger partial charge on any atom is -0.489 e. The summed E-state index contributed by atoms with van der Waals surface area (Å²) in [4.78, 5) is 20.3. The molecule has 3 N–H and O–H groups in total. The smallest absolute Gasteiger partial charge is 0.295 e. The van der Waals surface area contributed by atoms with Crippen molar-refractivity contribution in [3.63, 3.8) is 0 Å². The molecule has 1 aromatic rings. The molecule has 0 saturated heterocycles. The maximum Gasteiger partial charge on any atom is 0.295 e. The van der Waals surface area contributed by atoms with E-state index in [2.05, 4.69) is 9.97 Å². The van der Waals surface area contributed by atoms with E-state index in [-0.39, 0.29) is 17.2 Å². The Morgan fingerprint density at radius 2 is 2.41 bits per heavy atom. The summed E-state index contributed by atoms with van der Waals surface area (Å²) in [5.74, 6) is 0.685. The van der Waals surface area contributed by atoms with Crippen LogP contribution in [0.1, 0.15) is 6.92 Å². The highest BCUT2D eigenvalue weighted by molar-refractivity contribution is 7.80. The van der Waals surface area contributed by atoms with Gasteiger partial charge in [0.1, 0.15) is 0 Å². The van der Waals surface area contributed by atoms with Crippen molar-refractivity contribution in [3.8, 4) is 5.75 Å². The summed E-state index contributed by atoms with van der Waals surface area (Å²) in [6.45, 7) is 2.49. The average Bonchev–Trinajstić information content (AvgIpc) is 2.28. The van der Waals surface area contributed by atoms with Crippen LogP contribution in [-0.2, 0) is 0 Å². The Balaban J connectivity index is 2.96. The summed E-state index contributed by atoms with van der Waals surface area (Å²) in [5, 5.41) is 0. The van der Waals surface area contributed by atoms with Crippen LogP contribution < -0.4 is 20.9 Å². The minimum absolute atomic E-state index is 0.0285. The molecule has 7 heteroatoms. The molecule has 0 fully saturated rings. The number of rotatable bonds is 5. The molecule has 0 bridgehead atoms. The summed E-state index contributed by atoms with van der Waals surface area (Å²) in [6.07, 6.45) is 1.34. The number of thiocarbonyl (C=S) groups is 1. The fourth-order valence-corrected chi connectivity index (χ4v) is 1.50. The number of H-pyrrole nitrogens is 1. The van der Waals surface area contributed by atoms with Crippen molar-refractivity contribution in [3.05, 3.63) is 16.7 Å². The van der Waals surface area contributed by atoms with Crippen molar-refractivity contribution in [2.75, 3.05) is 25.6 Å². The second-order valence-corrected chi connectivity index (χ2v) is 4.24. The lowest BCUT2D eigenvalue weighted by atomic mass is 10.2. The molecular weight excluding hydrogens is 240 g/mol. The number of ether oxygens (including phenoxy) is 1. The van der Waals surface area contributed by atoms with Crippen LogP contribution in [0.5, 0.6) is 5.75 Å². The second-order valence-electron chi connectivity index (χ2n) is 3.77. The summed E-state index contributed by atoms with van der Waals surface area (Å²) in [6, 6.07) is 0. The van der Waals surface area contributed by atoms with Gasteiger partial charge in [0, 0.05) is 19.5 Å². The molecule has 17 heavy (non-hydrogen) atoms. The van der Waals surface area contributed by atoms with E-state index in [1.807, 2.05) is 6.92 Å². The highest BCUT2D eigenvalue weighted by atomic mass is 32.1. The van der Waals surface area contributed by atoms with Gasteiger partial charge in [-0.05, 0) is 0 Å². The van der Waals surface area contributed by atoms with Gasteiger partial charge in [0.25, 0.3) is 5.56 Å². The lowest BCUT2D eigenvalue weighted by molar-refractivity contribution is 0.405. The molecule has 1 rings (SSSR count). The molecule has 0 aliphatic heterocycles. The van der Waals surface area contributed by atoms with Crippen molar-refractivity contribution in [1.29, 1.82) is 0 Å². The van der Waals surface area contributed by atoms with Crippen LogP contribution in [-0.4, -0.2) is 35.7 Å². The first kappa shape index (κ1) is 13.4. The molecule has 0 radical (unpaired) electrons. The van der Waals surface area contributed by atoms with Gasteiger partial charge < -0.3 is 20.4 Å². The molecule has 0 aromatic carbocycles. The first-order valence-corrected chi connectivity index (χ1v) is 5.50. The Morgan fingerprint density at radius 3 is 2.94 bits per heavy atom. The quantitative estimate of drug-likeness (QED) is 0.729. The summed E-state index contributed by atoms with van der Waals surface area (Å²) < 4.78 is 5.03. The third kappa shape index (κ3) is 3.16. The van der Waals surface area contributed by atoms with Crippen LogP contribution in [0.2, 0.25) is 0 Å². The number of nitrogens with zero attached hydrogens (tertiary/aromatic N) is 2. The molecular formula is C10H16N4O2S.